The van der Waals surface area contributed by atoms with E-state index < -0.39 is 23.6 Å². The number of amides is 2. The first-order valence-electron chi connectivity index (χ1n) is 11.9. The van der Waals surface area contributed by atoms with Crippen LogP contribution in [0.25, 0.3) is 11.1 Å². The topological polar surface area (TPSA) is 112 Å². The highest BCUT2D eigenvalue weighted by Gasteiger charge is 2.54. The Kier molecular flexibility index (Phi) is 5.96. The van der Waals surface area contributed by atoms with E-state index in [1.165, 1.54) is 16.9 Å². The fourth-order valence-corrected chi connectivity index (χ4v) is 5.47. The molecule has 0 bridgehead atoms. The molecule has 2 amide bonds. The van der Waals surface area contributed by atoms with Crippen LogP contribution < -0.4 is 15.8 Å². The number of aromatic nitrogens is 3. The first-order valence-corrected chi connectivity index (χ1v) is 11.9. The lowest BCUT2D eigenvalue weighted by Crippen LogP contribution is -2.58. The Labute approximate surface area is 211 Å². The molecule has 0 saturated heterocycles. The zero-order chi connectivity index (χ0) is 26.5. The molecule has 2 heterocycles. The van der Waals surface area contributed by atoms with E-state index in [1.54, 1.807) is 32.3 Å². The van der Waals surface area contributed by atoms with E-state index in [0.717, 1.165) is 25.0 Å². The van der Waals surface area contributed by atoms with Crippen LogP contribution in [0.2, 0.25) is 0 Å². The van der Waals surface area contributed by atoms with Gasteiger partial charge in [-0.05, 0) is 73.9 Å². The van der Waals surface area contributed by atoms with Gasteiger partial charge in [-0.25, -0.2) is 4.98 Å². The number of pyridine rings is 1. The number of rotatable bonds is 6. The third-order valence-electron chi connectivity index (χ3n) is 7.18. The molecule has 0 radical (unpaired) electrons. The van der Waals surface area contributed by atoms with Gasteiger partial charge < -0.3 is 15.8 Å². The number of nitrogens with two attached hydrogens (primary N) is 1. The van der Waals surface area contributed by atoms with Crippen LogP contribution >= 0.6 is 0 Å². The minimum absolute atomic E-state index is 0.01000. The van der Waals surface area contributed by atoms with Crippen molar-refractivity contribution in [1.82, 2.24) is 20.1 Å². The minimum Gasteiger partial charge on any atom is -0.474 e. The molecule has 3 N–H and O–H groups in total. The van der Waals surface area contributed by atoms with E-state index in [1.807, 2.05) is 0 Å². The van der Waals surface area contributed by atoms with Gasteiger partial charge in [-0.1, -0.05) is 0 Å². The number of benzene rings is 1. The summed E-state index contributed by atoms with van der Waals surface area (Å²) in [6, 6.07) is 6.43. The summed E-state index contributed by atoms with van der Waals surface area (Å²) in [6.07, 6.45) is 1.34. The molecule has 8 nitrogen and oxygen atoms in total. The minimum atomic E-state index is -4.59. The van der Waals surface area contributed by atoms with E-state index in [9.17, 15) is 22.8 Å². The number of halogens is 3. The van der Waals surface area contributed by atoms with E-state index in [4.69, 9.17) is 10.5 Å². The number of nitrogens with zero attached hydrogens (tertiary/aromatic N) is 3. The Morgan fingerprint density at radius 2 is 1.92 bits per heavy atom. The molecule has 0 unspecified atom stereocenters. The quantitative estimate of drug-likeness (QED) is 0.517. The number of carbonyl (C=O) groups is 2. The van der Waals surface area contributed by atoms with Crippen molar-refractivity contribution >= 4 is 11.8 Å². The summed E-state index contributed by atoms with van der Waals surface area (Å²) in [6.45, 7) is 1.71. The number of primary amides is 1. The van der Waals surface area contributed by atoms with Crippen molar-refractivity contribution in [2.75, 3.05) is 0 Å². The molecule has 5 rings (SSSR count). The molecule has 0 aliphatic heterocycles. The Hall–Kier alpha value is -3.89. The van der Waals surface area contributed by atoms with Gasteiger partial charge in [0.15, 0.2) is 0 Å². The second-order valence-electron chi connectivity index (χ2n) is 10.0. The van der Waals surface area contributed by atoms with E-state index in [2.05, 4.69) is 15.4 Å². The third kappa shape index (κ3) is 4.90. The average molecular weight is 514 g/mol. The number of carbonyl (C=O) groups excluding carboxylic acids is 2. The Morgan fingerprint density at radius 1 is 1.19 bits per heavy atom. The zero-order valence-corrected chi connectivity index (χ0v) is 20.3. The second-order valence-corrected chi connectivity index (χ2v) is 10.0. The number of ether oxygens (including phenoxy) is 1. The summed E-state index contributed by atoms with van der Waals surface area (Å²) >= 11 is 0. The van der Waals surface area contributed by atoms with Crippen molar-refractivity contribution in [3.8, 4) is 17.0 Å². The maximum atomic E-state index is 13.6. The highest BCUT2D eigenvalue weighted by atomic mass is 19.4. The molecule has 0 atom stereocenters. The van der Waals surface area contributed by atoms with E-state index >= 15 is 0 Å². The molecule has 2 aliphatic rings. The summed E-state index contributed by atoms with van der Waals surface area (Å²) < 4.78 is 48.2. The molecule has 2 aromatic heterocycles. The highest BCUT2D eigenvalue weighted by Crippen LogP contribution is 2.56. The van der Waals surface area contributed by atoms with Crippen molar-refractivity contribution in [3.63, 3.8) is 0 Å². The maximum Gasteiger partial charge on any atom is 0.416 e. The van der Waals surface area contributed by atoms with Crippen molar-refractivity contribution in [2.24, 2.45) is 18.2 Å². The van der Waals surface area contributed by atoms with Crippen molar-refractivity contribution in [2.45, 2.75) is 50.9 Å². The molecule has 3 aromatic rings. The molecule has 2 saturated carbocycles. The summed E-state index contributed by atoms with van der Waals surface area (Å²) in [5.41, 5.74) is 6.09. The van der Waals surface area contributed by atoms with Gasteiger partial charge in [0, 0.05) is 36.6 Å². The lowest BCUT2D eigenvalue weighted by molar-refractivity contribution is -0.137. The molecule has 2 fully saturated rings. The Bertz CT molecular complexity index is 1370. The van der Waals surface area contributed by atoms with Crippen LogP contribution in [0.4, 0.5) is 13.2 Å². The van der Waals surface area contributed by atoms with Crippen LogP contribution in [-0.4, -0.2) is 38.7 Å². The van der Waals surface area contributed by atoms with Crippen molar-refractivity contribution in [1.29, 1.82) is 0 Å². The third-order valence-corrected chi connectivity index (χ3v) is 7.18. The number of alkyl halides is 3. The monoisotopic (exact) mass is 513 g/mol. The van der Waals surface area contributed by atoms with Crippen LogP contribution in [0.1, 0.15) is 57.7 Å². The number of nitrogens with one attached hydrogen (secondary N) is 1. The van der Waals surface area contributed by atoms with Crippen LogP contribution in [0, 0.1) is 12.3 Å². The lowest BCUT2D eigenvalue weighted by atomic mass is 9.53. The summed E-state index contributed by atoms with van der Waals surface area (Å²) in [5.74, 6) is -0.941. The second kappa shape index (κ2) is 8.89. The number of aryl methyl sites for hydroxylation is 2. The average Bonchev–Trinajstić information content (AvgIpc) is 3.13. The van der Waals surface area contributed by atoms with Gasteiger partial charge in [-0.2, -0.15) is 18.3 Å². The summed E-state index contributed by atoms with van der Waals surface area (Å²) in [5, 5.41) is 7.08. The lowest BCUT2D eigenvalue weighted by Gasteiger charge is -2.57. The highest BCUT2D eigenvalue weighted by molar-refractivity contribution is 5.96. The first kappa shape index (κ1) is 24.8. The van der Waals surface area contributed by atoms with Crippen LogP contribution in [0.15, 0.2) is 42.7 Å². The normalized spacial score (nSPS) is 22.7. The molecular formula is C26H26F3N5O3. The predicted molar refractivity (Wildman–Crippen MR) is 128 cm³/mol. The van der Waals surface area contributed by atoms with Gasteiger partial charge in [-0.15, -0.1) is 0 Å². The first-order chi connectivity index (χ1) is 17.4. The van der Waals surface area contributed by atoms with Gasteiger partial charge >= 0.3 is 6.18 Å². The van der Waals surface area contributed by atoms with Crippen LogP contribution in [0.5, 0.6) is 5.88 Å². The maximum absolute atomic E-state index is 13.6. The molecule has 1 spiro atoms. The predicted octanol–water partition coefficient (Wildman–Crippen LogP) is 4.03. The molecule has 1 aromatic carbocycles. The SMILES string of the molecule is Cc1nn(C)cc1-c1cc(C(=O)NC2CC3(C2)CC(Oc2ncccc2C(N)=O)C3)cc(C(F)(F)F)c1. The molecular weight excluding hydrogens is 487 g/mol. The van der Waals surface area contributed by atoms with E-state index in [-0.39, 0.29) is 34.6 Å². The Morgan fingerprint density at radius 3 is 2.54 bits per heavy atom. The Balaban J connectivity index is 1.22. The van der Waals surface area contributed by atoms with Crippen molar-refractivity contribution < 1.29 is 27.5 Å². The number of hydrogen-bond acceptors (Lipinski definition) is 5. The van der Waals surface area contributed by atoms with Gasteiger partial charge in [0.25, 0.3) is 11.8 Å². The van der Waals surface area contributed by atoms with Crippen LogP contribution in [0.3, 0.4) is 0 Å². The zero-order valence-electron chi connectivity index (χ0n) is 20.3. The summed E-state index contributed by atoms with van der Waals surface area (Å²) in [7, 11) is 1.69. The molecule has 2 aliphatic carbocycles. The van der Waals surface area contributed by atoms with Gasteiger partial charge in [0.05, 0.1) is 11.3 Å². The van der Waals surface area contributed by atoms with E-state index in [0.29, 0.717) is 29.7 Å². The summed E-state index contributed by atoms with van der Waals surface area (Å²) in [4.78, 5) is 28.6. The molecule has 11 heteroatoms. The molecule has 194 valence electrons. The van der Waals surface area contributed by atoms with Crippen LogP contribution in [-0.2, 0) is 13.2 Å². The van der Waals surface area contributed by atoms with Gasteiger partial charge in [-0.3, -0.25) is 14.3 Å². The standard InChI is InChI=1S/C26H26F3N5O3/c1-14-21(13-34(2)33-14)15-6-16(8-17(7-15)26(27,28)29)23(36)32-18-9-25(10-18)11-19(12-25)37-24-20(22(30)35)4-3-5-31-24/h3-8,13,18-19H,9-12H2,1-2H3,(H2,30,35)(H,32,36). The molecule has 37 heavy (non-hydrogen) atoms. The van der Waals surface area contributed by atoms with Gasteiger partial charge in [0.2, 0.25) is 5.88 Å². The van der Waals surface area contributed by atoms with Crippen molar-refractivity contribution in [3.05, 3.63) is 65.1 Å². The largest absolute Gasteiger partial charge is 0.474 e. The fraction of sp³-hybridized carbons (Fsp3) is 0.385. The smallest absolute Gasteiger partial charge is 0.416 e. The number of hydrogen-bond donors (Lipinski definition) is 2. The fourth-order valence-electron chi connectivity index (χ4n) is 5.47. The van der Waals surface area contributed by atoms with Gasteiger partial charge in [0.1, 0.15) is 11.7 Å².